The van der Waals surface area contributed by atoms with Crippen LogP contribution in [-0.2, 0) is 4.79 Å². The molecule has 5 nitrogen and oxygen atoms in total. The highest BCUT2D eigenvalue weighted by atomic mass is 16.7. The van der Waals surface area contributed by atoms with Crippen LogP contribution in [0.1, 0.15) is 30.5 Å². The molecule has 5 heteroatoms. The van der Waals surface area contributed by atoms with Crippen LogP contribution < -0.4 is 19.5 Å². The molecule has 2 aromatic rings. The van der Waals surface area contributed by atoms with E-state index in [2.05, 4.69) is 5.32 Å². The van der Waals surface area contributed by atoms with Crippen LogP contribution in [0.2, 0.25) is 0 Å². The van der Waals surface area contributed by atoms with Gasteiger partial charge in [0.2, 0.25) is 12.7 Å². The molecule has 0 radical (unpaired) electrons. The van der Waals surface area contributed by atoms with Gasteiger partial charge in [-0.25, -0.2) is 0 Å². The van der Waals surface area contributed by atoms with Crippen molar-refractivity contribution in [3.05, 3.63) is 59.7 Å². The lowest BCUT2D eigenvalue weighted by Gasteiger charge is -2.16. The predicted octanol–water partition coefficient (Wildman–Crippen LogP) is 3.70. The van der Waals surface area contributed by atoms with Crippen molar-refractivity contribution >= 4 is 12.0 Å². The summed E-state index contributed by atoms with van der Waals surface area (Å²) in [6, 6.07) is 13.3. The van der Waals surface area contributed by atoms with Gasteiger partial charge in [0.05, 0.1) is 13.2 Å². The minimum atomic E-state index is -0.139. The molecular formula is C20H21NO4. The second-order valence-corrected chi connectivity index (χ2v) is 5.69. The molecule has 0 saturated heterocycles. The molecule has 0 unspecified atom stereocenters. The monoisotopic (exact) mass is 339 g/mol. The van der Waals surface area contributed by atoms with Crippen LogP contribution in [0.25, 0.3) is 6.08 Å². The van der Waals surface area contributed by atoms with Crippen LogP contribution in [0.5, 0.6) is 17.2 Å². The summed E-state index contributed by atoms with van der Waals surface area (Å²) < 4.78 is 15.8. The third-order valence-electron chi connectivity index (χ3n) is 4.07. The summed E-state index contributed by atoms with van der Waals surface area (Å²) in [6.07, 6.45) is 4.09. The van der Waals surface area contributed by atoms with E-state index in [1.807, 2.05) is 49.4 Å². The van der Waals surface area contributed by atoms with Gasteiger partial charge in [-0.1, -0.05) is 25.1 Å². The van der Waals surface area contributed by atoms with Crippen molar-refractivity contribution in [2.45, 2.75) is 19.4 Å². The zero-order valence-electron chi connectivity index (χ0n) is 14.3. The number of hydrogen-bond donors (Lipinski definition) is 1. The number of hydrogen-bond acceptors (Lipinski definition) is 4. The van der Waals surface area contributed by atoms with Crippen LogP contribution >= 0.6 is 0 Å². The summed E-state index contributed by atoms with van der Waals surface area (Å²) >= 11 is 0. The number of benzene rings is 2. The molecule has 1 aliphatic heterocycles. The molecule has 1 amide bonds. The average molecular weight is 339 g/mol. The Hall–Kier alpha value is -2.95. The number of carbonyl (C=O) groups is 1. The fourth-order valence-corrected chi connectivity index (χ4v) is 2.67. The van der Waals surface area contributed by atoms with Crippen LogP contribution in [0.3, 0.4) is 0 Å². The van der Waals surface area contributed by atoms with Gasteiger partial charge in [0.1, 0.15) is 5.75 Å². The number of rotatable bonds is 6. The van der Waals surface area contributed by atoms with Crippen molar-refractivity contribution < 1.29 is 19.0 Å². The second-order valence-electron chi connectivity index (χ2n) is 5.69. The maximum Gasteiger partial charge on any atom is 0.244 e. The van der Waals surface area contributed by atoms with Gasteiger partial charge in [-0.15, -0.1) is 0 Å². The van der Waals surface area contributed by atoms with E-state index in [0.29, 0.717) is 5.75 Å². The summed E-state index contributed by atoms with van der Waals surface area (Å²) in [5.41, 5.74) is 1.94. The number of ether oxygens (including phenoxy) is 3. The molecule has 0 spiro atoms. The van der Waals surface area contributed by atoms with E-state index in [4.69, 9.17) is 14.2 Å². The Bertz CT molecular complexity index is 768. The van der Waals surface area contributed by atoms with E-state index in [0.717, 1.165) is 29.0 Å². The van der Waals surface area contributed by atoms with Crippen LogP contribution in [-0.4, -0.2) is 19.8 Å². The quantitative estimate of drug-likeness (QED) is 0.815. The van der Waals surface area contributed by atoms with E-state index in [9.17, 15) is 4.79 Å². The lowest BCUT2D eigenvalue weighted by atomic mass is 10.0. The summed E-state index contributed by atoms with van der Waals surface area (Å²) in [6.45, 7) is 2.28. The van der Waals surface area contributed by atoms with Crippen LogP contribution in [0.4, 0.5) is 0 Å². The van der Waals surface area contributed by atoms with Crippen molar-refractivity contribution in [2.75, 3.05) is 13.9 Å². The molecule has 2 aromatic carbocycles. The predicted molar refractivity (Wildman–Crippen MR) is 95.8 cm³/mol. The largest absolute Gasteiger partial charge is 0.497 e. The molecule has 0 bridgehead atoms. The summed E-state index contributed by atoms with van der Waals surface area (Å²) in [5, 5.41) is 3.02. The molecule has 1 heterocycles. The third-order valence-corrected chi connectivity index (χ3v) is 4.07. The first kappa shape index (κ1) is 16.9. The SMILES string of the molecule is CC[C@@H](NC(=O)/C=C/c1ccc2c(c1)OCO2)c1ccc(OC)cc1. The molecule has 1 N–H and O–H groups in total. The van der Waals surface area contributed by atoms with Gasteiger partial charge in [0, 0.05) is 6.08 Å². The van der Waals surface area contributed by atoms with E-state index in [-0.39, 0.29) is 18.7 Å². The van der Waals surface area contributed by atoms with Crippen LogP contribution in [0, 0.1) is 0 Å². The average Bonchev–Trinajstić information content (AvgIpc) is 3.12. The first-order valence-electron chi connectivity index (χ1n) is 8.21. The van der Waals surface area contributed by atoms with E-state index in [1.54, 1.807) is 13.2 Å². The summed E-state index contributed by atoms with van der Waals surface area (Å²) in [5.74, 6) is 2.09. The maximum absolute atomic E-state index is 12.2. The van der Waals surface area contributed by atoms with Gasteiger partial charge in [0.15, 0.2) is 11.5 Å². The van der Waals surface area contributed by atoms with E-state index >= 15 is 0 Å². The van der Waals surface area contributed by atoms with Crippen LogP contribution in [0.15, 0.2) is 48.5 Å². The van der Waals surface area contributed by atoms with Gasteiger partial charge in [-0.3, -0.25) is 4.79 Å². The number of methoxy groups -OCH3 is 1. The Labute approximate surface area is 147 Å². The Morgan fingerprint density at radius 1 is 1.20 bits per heavy atom. The highest BCUT2D eigenvalue weighted by Gasteiger charge is 2.13. The van der Waals surface area contributed by atoms with Crippen molar-refractivity contribution in [2.24, 2.45) is 0 Å². The van der Waals surface area contributed by atoms with Crippen molar-refractivity contribution in [3.63, 3.8) is 0 Å². The van der Waals surface area contributed by atoms with E-state index < -0.39 is 0 Å². The molecule has 0 aromatic heterocycles. The minimum absolute atomic E-state index is 0.0418. The normalized spacial score (nSPS) is 13.7. The minimum Gasteiger partial charge on any atom is -0.497 e. The molecule has 0 fully saturated rings. The molecule has 3 rings (SSSR count). The smallest absolute Gasteiger partial charge is 0.244 e. The molecule has 130 valence electrons. The topological polar surface area (TPSA) is 56.8 Å². The maximum atomic E-state index is 12.2. The fraction of sp³-hybridized carbons (Fsp3) is 0.250. The number of carbonyl (C=O) groups excluding carboxylic acids is 1. The van der Waals surface area contributed by atoms with Crippen molar-refractivity contribution in [1.29, 1.82) is 0 Å². The standard InChI is InChI=1S/C20H21NO4/c1-3-17(15-6-8-16(23-2)9-7-15)21-20(22)11-5-14-4-10-18-19(12-14)25-13-24-18/h4-12,17H,3,13H2,1-2H3,(H,21,22)/b11-5+/t17-/m1/s1. The zero-order valence-corrected chi connectivity index (χ0v) is 14.3. The number of fused-ring (bicyclic) bond motifs is 1. The Morgan fingerprint density at radius 2 is 1.96 bits per heavy atom. The second kappa shape index (κ2) is 7.75. The summed E-state index contributed by atoms with van der Waals surface area (Å²) in [4.78, 5) is 12.2. The van der Waals surface area contributed by atoms with Gasteiger partial charge in [0.25, 0.3) is 0 Å². The molecule has 1 atom stereocenters. The number of nitrogens with one attached hydrogen (secondary N) is 1. The lowest BCUT2D eigenvalue weighted by molar-refractivity contribution is -0.117. The first-order chi connectivity index (χ1) is 12.2. The number of amides is 1. The molecular weight excluding hydrogens is 318 g/mol. The van der Waals surface area contributed by atoms with Gasteiger partial charge >= 0.3 is 0 Å². The van der Waals surface area contributed by atoms with Gasteiger partial charge in [-0.2, -0.15) is 0 Å². The third kappa shape index (κ3) is 4.12. The summed E-state index contributed by atoms with van der Waals surface area (Å²) in [7, 11) is 1.63. The lowest BCUT2D eigenvalue weighted by Crippen LogP contribution is -2.26. The highest BCUT2D eigenvalue weighted by Crippen LogP contribution is 2.32. The Balaban J connectivity index is 1.63. The van der Waals surface area contributed by atoms with Gasteiger partial charge < -0.3 is 19.5 Å². The molecule has 0 saturated carbocycles. The fourth-order valence-electron chi connectivity index (χ4n) is 2.67. The Kier molecular flexibility index (Phi) is 5.23. The van der Waals surface area contributed by atoms with Crippen molar-refractivity contribution in [1.82, 2.24) is 5.32 Å². The van der Waals surface area contributed by atoms with Crippen molar-refractivity contribution in [3.8, 4) is 17.2 Å². The first-order valence-corrected chi connectivity index (χ1v) is 8.21. The highest BCUT2D eigenvalue weighted by molar-refractivity contribution is 5.92. The molecule has 0 aliphatic carbocycles. The molecule has 25 heavy (non-hydrogen) atoms. The Morgan fingerprint density at radius 3 is 2.68 bits per heavy atom. The molecule has 1 aliphatic rings. The van der Waals surface area contributed by atoms with E-state index in [1.165, 1.54) is 6.08 Å². The van der Waals surface area contributed by atoms with Gasteiger partial charge in [-0.05, 0) is 47.9 Å². The zero-order chi connectivity index (χ0) is 17.6.